The second kappa shape index (κ2) is 7.43. The van der Waals surface area contributed by atoms with Gasteiger partial charge in [0.2, 0.25) is 0 Å². The van der Waals surface area contributed by atoms with Gasteiger partial charge in [0.05, 0.1) is 7.11 Å². The molecular formula is C8H15O6P. The molecule has 0 radical (unpaired) electrons. The molecule has 15 heavy (non-hydrogen) atoms. The Balaban J connectivity index is 4.18. The fraction of sp³-hybridized carbons (Fsp3) is 0.750. The van der Waals surface area contributed by atoms with Crippen LogP contribution in [0.25, 0.3) is 0 Å². The average molecular weight is 238 g/mol. The van der Waals surface area contributed by atoms with Crippen molar-refractivity contribution in [2.24, 2.45) is 0 Å². The summed E-state index contributed by atoms with van der Waals surface area (Å²) >= 11 is 0. The largest absolute Gasteiger partial charge is 0.466 e. The molecule has 0 spiro atoms. The Bertz CT molecular complexity index is 252. The molecule has 0 saturated heterocycles. The fourth-order valence-corrected chi connectivity index (χ4v) is 1.61. The Hall–Kier alpha value is -0.870. The van der Waals surface area contributed by atoms with Crippen LogP contribution in [0.15, 0.2) is 0 Å². The quantitative estimate of drug-likeness (QED) is 0.498. The van der Waals surface area contributed by atoms with Crippen LogP contribution in [-0.2, 0) is 28.2 Å². The monoisotopic (exact) mass is 238 g/mol. The maximum Gasteiger partial charge on any atom is 0.347 e. The van der Waals surface area contributed by atoms with Gasteiger partial charge in [-0.2, -0.15) is 0 Å². The summed E-state index contributed by atoms with van der Waals surface area (Å²) in [6, 6.07) is 0. The molecular weight excluding hydrogens is 223 g/mol. The molecule has 2 unspecified atom stereocenters. The molecule has 0 aromatic carbocycles. The van der Waals surface area contributed by atoms with Gasteiger partial charge in [0.15, 0.2) is 14.1 Å². The lowest BCUT2D eigenvalue weighted by Crippen LogP contribution is -2.28. The van der Waals surface area contributed by atoms with E-state index in [-0.39, 0.29) is 12.6 Å². The standard InChI is InChI=1S/C8H15O6P/c1-6(9)14-7(8(10)12-2)4-5-15(11)13-3/h7,15H,4-5H2,1-3H3. The average Bonchev–Trinajstić information content (AvgIpc) is 2.21. The first-order valence-corrected chi connectivity index (χ1v) is 5.85. The van der Waals surface area contributed by atoms with E-state index in [1.807, 2.05) is 0 Å². The third-order valence-corrected chi connectivity index (χ3v) is 2.76. The highest BCUT2D eigenvalue weighted by Gasteiger charge is 2.22. The minimum absolute atomic E-state index is 0.137. The predicted octanol–water partition coefficient (Wildman–Crippen LogP) is 0.602. The van der Waals surface area contributed by atoms with Crippen molar-refractivity contribution in [3.05, 3.63) is 0 Å². The highest BCUT2D eigenvalue weighted by atomic mass is 31.1. The topological polar surface area (TPSA) is 78.9 Å². The Morgan fingerprint density at radius 2 is 1.93 bits per heavy atom. The highest BCUT2D eigenvalue weighted by Crippen LogP contribution is 2.22. The third-order valence-electron chi connectivity index (χ3n) is 1.61. The molecule has 0 bridgehead atoms. The summed E-state index contributed by atoms with van der Waals surface area (Å²) in [6.07, 6.45) is -0.692. The molecule has 0 aliphatic carbocycles. The molecule has 88 valence electrons. The fourth-order valence-electron chi connectivity index (χ4n) is 0.908. The molecule has 0 amide bonds. The van der Waals surface area contributed by atoms with Crippen molar-refractivity contribution in [2.75, 3.05) is 20.4 Å². The first-order valence-electron chi connectivity index (χ1n) is 4.33. The molecule has 0 rings (SSSR count). The van der Waals surface area contributed by atoms with E-state index in [1.165, 1.54) is 21.1 Å². The van der Waals surface area contributed by atoms with Gasteiger partial charge in [-0.25, -0.2) is 4.79 Å². The van der Waals surface area contributed by atoms with Gasteiger partial charge in [-0.3, -0.25) is 9.36 Å². The smallest absolute Gasteiger partial charge is 0.347 e. The van der Waals surface area contributed by atoms with Crippen LogP contribution in [0.5, 0.6) is 0 Å². The van der Waals surface area contributed by atoms with Crippen molar-refractivity contribution in [1.82, 2.24) is 0 Å². The van der Waals surface area contributed by atoms with Crippen LogP contribution in [0.4, 0.5) is 0 Å². The van der Waals surface area contributed by atoms with Crippen molar-refractivity contribution in [3.63, 3.8) is 0 Å². The maximum atomic E-state index is 11.1. The first-order chi connectivity index (χ1) is 7.01. The number of ether oxygens (including phenoxy) is 2. The van der Waals surface area contributed by atoms with Crippen LogP contribution in [0.2, 0.25) is 0 Å². The van der Waals surface area contributed by atoms with Crippen LogP contribution in [0, 0.1) is 0 Å². The SMILES string of the molecule is COC(=O)C(CC[PH](=O)OC)OC(C)=O. The molecule has 7 heteroatoms. The van der Waals surface area contributed by atoms with Crippen molar-refractivity contribution in [2.45, 2.75) is 19.4 Å². The van der Waals surface area contributed by atoms with Gasteiger partial charge in [0.25, 0.3) is 0 Å². The van der Waals surface area contributed by atoms with Crippen LogP contribution in [0.3, 0.4) is 0 Å². The summed E-state index contributed by atoms with van der Waals surface area (Å²) in [5.74, 6) is -1.24. The summed E-state index contributed by atoms with van der Waals surface area (Å²) in [6.45, 7) is 1.19. The summed E-state index contributed by atoms with van der Waals surface area (Å²) in [7, 11) is 0.363. The lowest BCUT2D eigenvalue weighted by molar-refractivity contribution is -0.164. The van der Waals surface area contributed by atoms with Crippen molar-refractivity contribution < 1.29 is 28.2 Å². The maximum absolute atomic E-state index is 11.1. The van der Waals surface area contributed by atoms with Gasteiger partial charge in [-0.05, 0) is 0 Å². The number of rotatable bonds is 6. The number of carbonyl (C=O) groups is 2. The lowest BCUT2D eigenvalue weighted by Gasteiger charge is -2.13. The van der Waals surface area contributed by atoms with Gasteiger partial charge >= 0.3 is 11.9 Å². The van der Waals surface area contributed by atoms with E-state index in [0.717, 1.165) is 0 Å². The Kier molecular flexibility index (Phi) is 6.99. The van der Waals surface area contributed by atoms with E-state index >= 15 is 0 Å². The molecule has 0 aromatic rings. The van der Waals surface area contributed by atoms with Gasteiger partial charge in [0.1, 0.15) is 0 Å². The summed E-state index contributed by atoms with van der Waals surface area (Å²) in [4.78, 5) is 21.8. The second-order valence-electron chi connectivity index (χ2n) is 2.74. The summed E-state index contributed by atoms with van der Waals surface area (Å²) < 4.78 is 24.7. The minimum atomic E-state index is -2.15. The summed E-state index contributed by atoms with van der Waals surface area (Å²) in [5, 5.41) is 0. The van der Waals surface area contributed by atoms with Crippen molar-refractivity contribution in [3.8, 4) is 0 Å². The van der Waals surface area contributed by atoms with E-state index in [4.69, 9.17) is 4.74 Å². The molecule has 0 heterocycles. The number of carbonyl (C=O) groups excluding carboxylic acids is 2. The Labute approximate surface area is 88.7 Å². The van der Waals surface area contributed by atoms with Crippen LogP contribution >= 0.6 is 8.03 Å². The van der Waals surface area contributed by atoms with Crippen LogP contribution < -0.4 is 0 Å². The molecule has 0 N–H and O–H groups in total. The normalized spacial score (nSPS) is 14.1. The van der Waals surface area contributed by atoms with Crippen molar-refractivity contribution >= 4 is 20.0 Å². The van der Waals surface area contributed by atoms with Gasteiger partial charge in [0, 0.05) is 26.6 Å². The molecule has 0 aliphatic heterocycles. The van der Waals surface area contributed by atoms with E-state index in [2.05, 4.69) is 9.26 Å². The van der Waals surface area contributed by atoms with Gasteiger partial charge in [-0.1, -0.05) is 0 Å². The Morgan fingerprint density at radius 3 is 2.33 bits per heavy atom. The zero-order chi connectivity index (χ0) is 11.8. The van der Waals surface area contributed by atoms with Crippen molar-refractivity contribution in [1.29, 1.82) is 0 Å². The van der Waals surface area contributed by atoms with E-state index < -0.39 is 26.1 Å². The molecule has 6 nitrogen and oxygen atoms in total. The van der Waals surface area contributed by atoms with Crippen LogP contribution in [0.1, 0.15) is 13.3 Å². The molecule has 0 saturated carbocycles. The zero-order valence-electron chi connectivity index (χ0n) is 8.94. The number of hydrogen-bond acceptors (Lipinski definition) is 6. The number of esters is 2. The number of hydrogen-bond donors (Lipinski definition) is 0. The molecule has 0 aliphatic rings. The zero-order valence-corrected chi connectivity index (χ0v) is 9.94. The van der Waals surface area contributed by atoms with E-state index in [0.29, 0.717) is 0 Å². The van der Waals surface area contributed by atoms with Gasteiger partial charge < -0.3 is 14.0 Å². The predicted molar refractivity (Wildman–Crippen MR) is 53.1 cm³/mol. The highest BCUT2D eigenvalue weighted by molar-refractivity contribution is 7.39. The molecule has 2 atom stereocenters. The van der Waals surface area contributed by atoms with Gasteiger partial charge in [-0.15, -0.1) is 0 Å². The minimum Gasteiger partial charge on any atom is -0.466 e. The van der Waals surface area contributed by atoms with Crippen LogP contribution in [-0.4, -0.2) is 38.4 Å². The summed E-state index contributed by atoms with van der Waals surface area (Å²) in [5.41, 5.74) is 0. The Morgan fingerprint density at radius 1 is 1.33 bits per heavy atom. The van der Waals surface area contributed by atoms with E-state index in [1.54, 1.807) is 0 Å². The second-order valence-corrected chi connectivity index (χ2v) is 4.39. The molecule has 0 aromatic heterocycles. The third kappa shape index (κ3) is 6.25. The lowest BCUT2D eigenvalue weighted by atomic mass is 10.3. The molecule has 0 fully saturated rings. The first kappa shape index (κ1) is 14.1. The number of methoxy groups -OCH3 is 1. The van der Waals surface area contributed by atoms with E-state index in [9.17, 15) is 14.2 Å².